The lowest BCUT2D eigenvalue weighted by molar-refractivity contribution is 0.285. The summed E-state index contributed by atoms with van der Waals surface area (Å²) in [7, 11) is -3.11. The van der Waals surface area contributed by atoms with Crippen molar-refractivity contribution in [2.75, 3.05) is 25.4 Å². The second kappa shape index (κ2) is 10.0. The fraction of sp³-hybridized carbons (Fsp3) is 1.00. The first-order valence-electron chi connectivity index (χ1n) is 5.90. The molecule has 0 saturated carbocycles. The Morgan fingerprint density at radius 1 is 1.00 bits per heavy atom. The van der Waals surface area contributed by atoms with Crippen LogP contribution in [-0.2, 0) is 10.0 Å². The van der Waals surface area contributed by atoms with E-state index >= 15 is 0 Å². The Morgan fingerprint density at radius 3 is 2.31 bits per heavy atom. The largest absolute Gasteiger partial charge is 0.396 e. The summed E-state index contributed by atoms with van der Waals surface area (Å²) in [5, 5.41) is 8.53. The van der Waals surface area contributed by atoms with E-state index in [1.165, 1.54) is 0 Å². The Bertz CT molecular complexity index is 242. The van der Waals surface area contributed by atoms with Crippen molar-refractivity contribution in [3.8, 4) is 0 Å². The molecule has 4 N–H and O–H groups in total. The Morgan fingerprint density at radius 2 is 1.69 bits per heavy atom. The zero-order valence-corrected chi connectivity index (χ0v) is 10.6. The van der Waals surface area contributed by atoms with E-state index in [2.05, 4.69) is 4.72 Å². The average molecular weight is 252 g/mol. The van der Waals surface area contributed by atoms with Gasteiger partial charge >= 0.3 is 0 Å². The van der Waals surface area contributed by atoms with Crippen LogP contribution in [0, 0.1) is 0 Å². The monoisotopic (exact) mass is 252 g/mol. The maximum Gasteiger partial charge on any atom is 0.211 e. The van der Waals surface area contributed by atoms with Gasteiger partial charge in [0.05, 0.1) is 5.75 Å². The second-order valence-electron chi connectivity index (χ2n) is 3.85. The molecule has 0 heterocycles. The van der Waals surface area contributed by atoms with Crippen LogP contribution in [0.3, 0.4) is 0 Å². The van der Waals surface area contributed by atoms with Crippen LogP contribution in [0.25, 0.3) is 0 Å². The lowest BCUT2D eigenvalue weighted by atomic mass is 10.2. The van der Waals surface area contributed by atoms with Crippen LogP contribution in [0.1, 0.15) is 38.5 Å². The van der Waals surface area contributed by atoms with E-state index in [-0.39, 0.29) is 12.4 Å². The molecular weight excluding hydrogens is 228 g/mol. The van der Waals surface area contributed by atoms with Crippen LogP contribution in [0.5, 0.6) is 0 Å². The molecule has 5 nitrogen and oxygen atoms in total. The summed E-state index contributed by atoms with van der Waals surface area (Å²) >= 11 is 0. The third-order valence-corrected chi connectivity index (χ3v) is 3.74. The number of hydrogen-bond donors (Lipinski definition) is 3. The molecule has 0 aromatic rings. The molecule has 16 heavy (non-hydrogen) atoms. The van der Waals surface area contributed by atoms with Gasteiger partial charge in [-0.05, 0) is 32.2 Å². The summed E-state index contributed by atoms with van der Waals surface area (Å²) in [6.07, 6.45) is 4.88. The molecular formula is C10H24N2O3S. The Balaban J connectivity index is 3.47. The first kappa shape index (κ1) is 15.8. The Hall–Kier alpha value is -0.170. The zero-order valence-electron chi connectivity index (χ0n) is 9.82. The number of nitrogens with two attached hydrogens (primary N) is 1. The summed E-state index contributed by atoms with van der Waals surface area (Å²) in [6, 6.07) is 0. The fourth-order valence-corrected chi connectivity index (χ4v) is 2.51. The highest BCUT2D eigenvalue weighted by Gasteiger charge is 2.08. The number of aliphatic hydroxyl groups excluding tert-OH is 1. The third-order valence-electron chi connectivity index (χ3n) is 2.27. The van der Waals surface area contributed by atoms with Gasteiger partial charge in [0, 0.05) is 13.2 Å². The number of hydrogen-bond acceptors (Lipinski definition) is 4. The van der Waals surface area contributed by atoms with Crippen molar-refractivity contribution in [3.05, 3.63) is 0 Å². The predicted molar refractivity (Wildman–Crippen MR) is 65.6 cm³/mol. The van der Waals surface area contributed by atoms with Crippen LogP contribution in [0.2, 0.25) is 0 Å². The van der Waals surface area contributed by atoms with Crippen molar-refractivity contribution >= 4 is 10.0 Å². The van der Waals surface area contributed by atoms with Crippen LogP contribution < -0.4 is 10.5 Å². The lowest BCUT2D eigenvalue weighted by Crippen LogP contribution is -2.27. The van der Waals surface area contributed by atoms with Crippen molar-refractivity contribution in [1.82, 2.24) is 4.72 Å². The van der Waals surface area contributed by atoms with Crippen molar-refractivity contribution in [2.45, 2.75) is 38.5 Å². The van der Waals surface area contributed by atoms with Crippen molar-refractivity contribution in [2.24, 2.45) is 5.73 Å². The van der Waals surface area contributed by atoms with Gasteiger partial charge < -0.3 is 10.8 Å². The van der Waals surface area contributed by atoms with E-state index in [4.69, 9.17) is 10.8 Å². The molecule has 6 heteroatoms. The predicted octanol–water partition coefficient (Wildman–Crippen LogP) is 0.197. The van der Waals surface area contributed by atoms with Gasteiger partial charge in [0.2, 0.25) is 10.0 Å². The summed E-state index contributed by atoms with van der Waals surface area (Å²) < 4.78 is 25.4. The molecule has 0 amide bonds. The number of rotatable bonds is 11. The number of nitrogens with one attached hydrogen (secondary N) is 1. The van der Waals surface area contributed by atoms with Crippen molar-refractivity contribution < 1.29 is 13.5 Å². The van der Waals surface area contributed by atoms with Crippen molar-refractivity contribution in [3.63, 3.8) is 0 Å². The minimum absolute atomic E-state index is 0.112. The topological polar surface area (TPSA) is 92.4 Å². The van der Waals surface area contributed by atoms with E-state index in [1.807, 2.05) is 0 Å². The van der Waals surface area contributed by atoms with Crippen LogP contribution in [0.4, 0.5) is 0 Å². The minimum Gasteiger partial charge on any atom is -0.396 e. The van der Waals surface area contributed by atoms with Crippen LogP contribution in [-0.4, -0.2) is 39.0 Å². The SMILES string of the molecule is NCCCCCCS(=O)(=O)NCCCCO. The molecule has 0 radical (unpaired) electrons. The van der Waals surface area contributed by atoms with E-state index < -0.39 is 10.0 Å². The number of aliphatic hydroxyl groups is 1. The first-order valence-corrected chi connectivity index (χ1v) is 7.56. The van der Waals surface area contributed by atoms with Gasteiger partial charge in [0.25, 0.3) is 0 Å². The van der Waals surface area contributed by atoms with Crippen molar-refractivity contribution in [1.29, 1.82) is 0 Å². The quantitative estimate of drug-likeness (QED) is 0.458. The number of unbranched alkanes of at least 4 members (excludes halogenated alkanes) is 4. The highest BCUT2D eigenvalue weighted by Crippen LogP contribution is 2.01. The number of sulfonamides is 1. The maximum absolute atomic E-state index is 11.4. The van der Waals surface area contributed by atoms with Gasteiger partial charge in [-0.2, -0.15) is 0 Å². The standard InChI is InChI=1S/C10H24N2O3S/c11-7-3-1-2-6-10-16(14,15)12-8-4-5-9-13/h12-13H,1-11H2. The molecule has 0 aromatic heterocycles. The molecule has 0 rings (SSSR count). The van der Waals surface area contributed by atoms with E-state index in [1.54, 1.807) is 0 Å². The Labute approximate surface area is 98.5 Å². The molecule has 0 aliphatic rings. The zero-order chi connectivity index (χ0) is 12.3. The fourth-order valence-electron chi connectivity index (χ4n) is 1.33. The molecule has 0 unspecified atom stereocenters. The van der Waals surface area contributed by atoms with Gasteiger partial charge in [-0.3, -0.25) is 0 Å². The summed E-state index contributed by atoms with van der Waals surface area (Å²) in [5.74, 6) is 0.191. The smallest absolute Gasteiger partial charge is 0.211 e. The second-order valence-corrected chi connectivity index (χ2v) is 5.77. The molecule has 0 aromatic carbocycles. The van der Waals surface area contributed by atoms with Crippen LogP contribution >= 0.6 is 0 Å². The summed E-state index contributed by atoms with van der Waals surface area (Å²) in [4.78, 5) is 0. The van der Waals surface area contributed by atoms with Gasteiger partial charge in [0.15, 0.2) is 0 Å². The molecule has 0 atom stereocenters. The molecule has 0 aliphatic carbocycles. The maximum atomic E-state index is 11.4. The van der Waals surface area contributed by atoms with E-state index in [0.29, 0.717) is 32.4 Å². The molecule has 0 spiro atoms. The molecule has 98 valence electrons. The van der Waals surface area contributed by atoms with E-state index in [9.17, 15) is 8.42 Å². The molecule has 0 bridgehead atoms. The molecule has 0 aliphatic heterocycles. The summed E-state index contributed by atoms with van der Waals surface area (Å²) in [6.45, 7) is 1.21. The van der Waals surface area contributed by atoms with Crippen LogP contribution in [0.15, 0.2) is 0 Å². The highest BCUT2D eigenvalue weighted by atomic mass is 32.2. The normalized spacial score (nSPS) is 11.9. The third kappa shape index (κ3) is 10.4. The average Bonchev–Trinajstić information content (AvgIpc) is 2.24. The highest BCUT2D eigenvalue weighted by molar-refractivity contribution is 7.89. The molecule has 0 saturated heterocycles. The van der Waals surface area contributed by atoms with Gasteiger partial charge in [-0.1, -0.05) is 12.8 Å². The van der Waals surface area contributed by atoms with Gasteiger partial charge in [-0.15, -0.1) is 0 Å². The van der Waals surface area contributed by atoms with Gasteiger partial charge in [-0.25, -0.2) is 13.1 Å². The lowest BCUT2D eigenvalue weighted by Gasteiger charge is -2.05. The Kier molecular flexibility index (Phi) is 9.91. The van der Waals surface area contributed by atoms with Gasteiger partial charge in [0.1, 0.15) is 0 Å². The first-order chi connectivity index (χ1) is 7.62. The van der Waals surface area contributed by atoms with E-state index in [0.717, 1.165) is 19.3 Å². The minimum atomic E-state index is -3.11. The summed E-state index contributed by atoms with van der Waals surface area (Å²) in [5.41, 5.74) is 5.34. The molecule has 0 fully saturated rings.